The molecule has 1 aliphatic rings. The molecular formula is C18H23N3O2. The van der Waals surface area contributed by atoms with E-state index in [0.29, 0.717) is 13.1 Å². The topological polar surface area (TPSA) is 58.4 Å². The Morgan fingerprint density at radius 2 is 2.09 bits per heavy atom. The Balaban J connectivity index is 1.75. The second-order valence-electron chi connectivity index (χ2n) is 6.19. The van der Waals surface area contributed by atoms with Crippen molar-refractivity contribution in [3.63, 3.8) is 0 Å². The zero-order valence-electron chi connectivity index (χ0n) is 13.4. The van der Waals surface area contributed by atoms with Gasteiger partial charge >= 0.3 is 5.97 Å². The summed E-state index contributed by atoms with van der Waals surface area (Å²) in [7, 11) is 0. The fourth-order valence-corrected chi connectivity index (χ4v) is 3.44. The summed E-state index contributed by atoms with van der Waals surface area (Å²) in [5.74, 6) is -0.00164. The van der Waals surface area contributed by atoms with Crippen molar-refractivity contribution in [3.8, 4) is 0 Å². The molecule has 5 nitrogen and oxygen atoms in total. The van der Waals surface area contributed by atoms with E-state index in [1.807, 2.05) is 42.7 Å². The number of imidazole rings is 1. The van der Waals surface area contributed by atoms with Gasteiger partial charge < -0.3 is 9.67 Å². The molecule has 2 heterocycles. The average molecular weight is 313 g/mol. The first-order valence-corrected chi connectivity index (χ1v) is 8.19. The van der Waals surface area contributed by atoms with Crippen molar-refractivity contribution in [2.24, 2.45) is 5.92 Å². The number of benzene rings is 1. The Morgan fingerprint density at radius 1 is 1.30 bits per heavy atom. The van der Waals surface area contributed by atoms with Gasteiger partial charge in [-0.3, -0.25) is 9.69 Å². The molecule has 122 valence electrons. The van der Waals surface area contributed by atoms with Crippen molar-refractivity contribution in [1.29, 1.82) is 0 Å². The van der Waals surface area contributed by atoms with Gasteiger partial charge in [0.15, 0.2) is 0 Å². The van der Waals surface area contributed by atoms with Gasteiger partial charge in [0.2, 0.25) is 0 Å². The quantitative estimate of drug-likeness (QED) is 0.890. The number of aromatic nitrogens is 2. The number of hydrogen-bond acceptors (Lipinski definition) is 3. The molecule has 1 N–H and O–H groups in total. The fraction of sp³-hybridized carbons (Fsp3) is 0.444. The first kappa shape index (κ1) is 15.7. The van der Waals surface area contributed by atoms with Crippen molar-refractivity contribution < 1.29 is 9.90 Å². The molecule has 0 saturated carbocycles. The predicted octanol–water partition coefficient (Wildman–Crippen LogP) is 2.59. The first-order valence-electron chi connectivity index (χ1n) is 8.19. The maximum Gasteiger partial charge on any atom is 0.308 e. The molecule has 0 aliphatic carbocycles. The van der Waals surface area contributed by atoms with Crippen LogP contribution in [-0.4, -0.2) is 38.6 Å². The number of carboxylic acid groups (broad SMARTS) is 1. The van der Waals surface area contributed by atoms with E-state index in [0.717, 1.165) is 30.9 Å². The lowest BCUT2D eigenvalue weighted by Gasteiger charge is -2.16. The van der Waals surface area contributed by atoms with Crippen molar-refractivity contribution in [1.82, 2.24) is 14.5 Å². The molecule has 1 aliphatic heterocycles. The third-order valence-electron chi connectivity index (χ3n) is 4.57. The summed E-state index contributed by atoms with van der Waals surface area (Å²) in [4.78, 5) is 18.3. The van der Waals surface area contributed by atoms with Crippen molar-refractivity contribution in [2.45, 2.75) is 32.4 Å². The number of likely N-dealkylation sites (tertiary alicyclic amines) is 1. The molecule has 0 unspecified atom stereocenters. The van der Waals surface area contributed by atoms with E-state index < -0.39 is 5.97 Å². The first-order chi connectivity index (χ1) is 11.2. The van der Waals surface area contributed by atoms with Crippen LogP contribution in [0.15, 0.2) is 42.7 Å². The minimum Gasteiger partial charge on any atom is -0.481 e. The van der Waals surface area contributed by atoms with E-state index in [4.69, 9.17) is 0 Å². The second kappa shape index (κ2) is 6.96. The Kier molecular flexibility index (Phi) is 4.76. The molecule has 5 heteroatoms. The number of aryl methyl sites for hydroxylation is 1. The van der Waals surface area contributed by atoms with E-state index in [2.05, 4.69) is 21.4 Å². The van der Waals surface area contributed by atoms with Crippen LogP contribution in [0.25, 0.3) is 0 Å². The molecule has 2 aromatic rings. The summed E-state index contributed by atoms with van der Waals surface area (Å²) in [6.07, 6.45) is 4.89. The minimum absolute atomic E-state index is 0.0447. The summed E-state index contributed by atoms with van der Waals surface area (Å²) in [6.45, 7) is 5.15. The average Bonchev–Trinajstić information content (AvgIpc) is 3.16. The van der Waals surface area contributed by atoms with Gasteiger partial charge in [0.1, 0.15) is 5.82 Å². The lowest BCUT2D eigenvalue weighted by molar-refractivity contribution is -0.141. The predicted molar refractivity (Wildman–Crippen MR) is 88.1 cm³/mol. The highest BCUT2D eigenvalue weighted by atomic mass is 16.4. The molecule has 23 heavy (non-hydrogen) atoms. The standard InChI is InChI=1S/C18H23N3O2/c1-2-9-21-10-8-19-17(21)13-20-11-15(16(12-20)18(22)23)14-6-4-3-5-7-14/h3-8,10,15-16H,2,9,11-13H2,1H3,(H,22,23)/t15-,16+/m0/s1. The lowest BCUT2D eigenvalue weighted by atomic mass is 9.89. The van der Waals surface area contributed by atoms with Crippen LogP contribution in [0, 0.1) is 5.92 Å². The van der Waals surface area contributed by atoms with Crippen molar-refractivity contribution >= 4 is 5.97 Å². The molecule has 0 radical (unpaired) electrons. The summed E-state index contributed by atoms with van der Waals surface area (Å²) >= 11 is 0. The molecule has 1 saturated heterocycles. The van der Waals surface area contributed by atoms with E-state index in [9.17, 15) is 9.90 Å². The number of nitrogens with zero attached hydrogens (tertiary/aromatic N) is 3. The van der Waals surface area contributed by atoms with Crippen LogP contribution >= 0.6 is 0 Å². The molecule has 0 bridgehead atoms. The molecule has 1 aromatic heterocycles. The zero-order valence-corrected chi connectivity index (χ0v) is 13.4. The van der Waals surface area contributed by atoms with E-state index in [-0.39, 0.29) is 11.8 Å². The van der Waals surface area contributed by atoms with Gasteiger partial charge in [-0.25, -0.2) is 4.98 Å². The highest BCUT2D eigenvalue weighted by Crippen LogP contribution is 2.33. The summed E-state index contributed by atoms with van der Waals surface area (Å²) < 4.78 is 2.16. The number of carbonyl (C=O) groups is 1. The zero-order chi connectivity index (χ0) is 16.2. The van der Waals surface area contributed by atoms with E-state index >= 15 is 0 Å². The largest absolute Gasteiger partial charge is 0.481 e. The van der Waals surface area contributed by atoms with E-state index in [1.54, 1.807) is 0 Å². The highest BCUT2D eigenvalue weighted by molar-refractivity contribution is 5.72. The monoisotopic (exact) mass is 313 g/mol. The Morgan fingerprint density at radius 3 is 2.78 bits per heavy atom. The number of aliphatic carboxylic acids is 1. The minimum atomic E-state index is -0.710. The van der Waals surface area contributed by atoms with Crippen LogP contribution in [0.4, 0.5) is 0 Å². The third kappa shape index (κ3) is 3.45. The Bertz CT molecular complexity index is 653. The van der Waals surface area contributed by atoms with Gasteiger partial charge in [-0.1, -0.05) is 37.3 Å². The molecule has 0 spiro atoms. The number of carboxylic acids is 1. The molecular weight excluding hydrogens is 290 g/mol. The van der Waals surface area contributed by atoms with Gasteiger partial charge in [-0.2, -0.15) is 0 Å². The second-order valence-corrected chi connectivity index (χ2v) is 6.19. The molecule has 1 aromatic carbocycles. The molecule has 0 amide bonds. The van der Waals surface area contributed by atoms with Crippen molar-refractivity contribution in [2.75, 3.05) is 13.1 Å². The molecule has 1 fully saturated rings. The van der Waals surface area contributed by atoms with Gasteiger partial charge in [-0.05, 0) is 12.0 Å². The van der Waals surface area contributed by atoms with Gasteiger partial charge in [0, 0.05) is 37.9 Å². The summed E-state index contributed by atoms with van der Waals surface area (Å²) in [6, 6.07) is 9.98. The van der Waals surface area contributed by atoms with Crippen LogP contribution in [0.5, 0.6) is 0 Å². The summed E-state index contributed by atoms with van der Waals surface area (Å²) in [5.41, 5.74) is 1.11. The smallest absolute Gasteiger partial charge is 0.308 e. The SMILES string of the molecule is CCCn1ccnc1CN1C[C@@H](C(=O)O)[C@H](c2ccccc2)C1. The number of hydrogen-bond donors (Lipinski definition) is 1. The summed E-state index contributed by atoms with van der Waals surface area (Å²) in [5, 5.41) is 9.58. The van der Waals surface area contributed by atoms with E-state index in [1.165, 1.54) is 0 Å². The maximum absolute atomic E-state index is 11.7. The molecule has 2 atom stereocenters. The highest BCUT2D eigenvalue weighted by Gasteiger charge is 2.38. The Labute approximate surface area is 136 Å². The third-order valence-corrected chi connectivity index (χ3v) is 4.57. The van der Waals surface area contributed by atoms with Crippen LogP contribution in [0.1, 0.15) is 30.7 Å². The van der Waals surface area contributed by atoms with Gasteiger partial charge in [0.25, 0.3) is 0 Å². The normalized spacial score (nSPS) is 21.6. The number of rotatable bonds is 6. The van der Waals surface area contributed by atoms with Crippen LogP contribution in [0.2, 0.25) is 0 Å². The van der Waals surface area contributed by atoms with Crippen molar-refractivity contribution in [3.05, 3.63) is 54.1 Å². The Hall–Kier alpha value is -2.14. The lowest BCUT2D eigenvalue weighted by Crippen LogP contribution is -2.24. The van der Waals surface area contributed by atoms with Gasteiger partial charge in [0.05, 0.1) is 12.5 Å². The fourth-order valence-electron chi connectivity index (χ4n) is 3.44. The molecule has 3 rings (SSSR count). The van der Waals surface area contributed by atoms with Crippen LogP contribution < -0.4 is 0 Å². The maximum atomic E-state index is 11.7. The van der Waals surface area contributed by atoms with Gasteiger partial charge in [-0.15, -0.1) is 0 Å². The van der Waals surface area contributed by atoms with Crippen LogP contribution in [-0.2, 0) is 17.9 Å². The van der Waals surface area contributed by atoms with Crippen LogP contribution in [0.3, 0.4) is 0 Å².